The minimum Gasteiger partial charge on any atom is -0.457 e. The molecule has 4 aromatic rings. The maximum absolute atomic E-state index is 13.3. The van der Waals surface area contributed by atoms with Crippen LogP contribution in [0.5, 0.6) is 11.5 Å². The number of anilines is 2. The zero-order valence-electron chi connectivity index (χ0n) is 23.1. The Hall–Kier alpha value is -4.00. The lowest BCUT2D eigenvalue weighted by molar-refractivity contribution is 0.119. The summed E-state index contributed by atoms with van der Waals surface area (Å²) in [6.07, 6.45) is 4.50. The molecule has 1 aliphatic rings. The zero-order chi connectivity index (χ0) is 29.5. The van der Waals surface area contributed by atoms with Gasteiger partial charge in [0.1, 0.15) is 22.3 Å². The molecule has 12 heteroatoms. The summed E-state index contributed by atoms with van der Waals surface area (Å²) in [6.45, 7) is 2.89. The quantitative estimate of drug-likeness (QED) is 0.224. The molecule has 220 valence electrons. The summed E-state index contributed by atoms with van der Waals surface area (Å²) >= 11 is 1.52. The van der Waals surface area contributed by atoms with Gasteiger partial charge in [0.25, 0.3) is 0 Å². The lowest BCUT2D eigenvalue weighted by atomic mass is 10.0. The van der Waals surface area contributed by atoms with E-state index in [4.69, 9.17) is 4.74 Å². The summed E-state index contributed by atoms with van der Waals surface area (Å²) in [7, 11) is -3.33. The van der Waals surface area contributed by atoms with Crippen molar-refractivity contribution in [2.24, 2.45) is 0 Å². The molecule has 0 aliphatic carbocycles. The molecule has 1 fully saturated rings. The fourth-order valence-electron chi connectivity index (χ4n) is 4.82. The number of benzene rings is 3. The van der Waals surface area contributed by atoms with E-state index in [2.05, 4.69) is 19.9 Å². The van der Waals surface area contributed by atoms with Crippen LogP contribution >= 0.6 is 11.3 Å². The molecule has 5 rings (SSSR count). The van der Waals surface area contributed by atoms with E-state index in [0.29, 0.717) is 29.4 Å². The van der Waals surface area contributed by atoms with Crippen LogP contribution in [0.25, 0.3) is 0 Å². The molecule has 0 radical (unpaired) electrons. The van der Waals surface area contributed by atoms with E-state index in [1.54, 1.807) is 42.6 Å². The third kappa shape index (κ3) is 8.51. The number of aromatic nitrogens is 1. The number of amides is 2. The Labute approximate surface area is 249 Å². The van der Waals surface area contributed by atoms with E-state index < -0.39 is 10.0 Å². The second kappa shape index (κ2) is 13.3. The number of hydrogen-bond acceptors (Lipinski definition) is 7. The summed E-state index contributed by atoms with van der Waals surface area (Å²) in [5, 5.41) is 5.68. The number of halogens is 1. The van der Waals surface area contributed by atoms with E-state index in [-0.39, 0.29) is 17.9 Å². The van der Waals surface area contributed by atoms with Crippen molar-refractivity contribution in [2.45, 2.75) is 32.0 Å². The Balaban J connectivity index is 1.14. The topological polar surface area (TPSA) is 104 Å². The highest BCUT2D eigenvalue weighted by molar-refractivity contribution is 7.92. The number of thiazole rings is 1. The van der Waals surface area contributed by atoms with Gasteiger partial charge in [0.05, 0.1) is 12.8 Å². The second-order valence-corrected chi connectivity index (χ2v) is 12.9. The first-order valence-corrected chi connectivity index (χ1v) is 16.3. The fourth-order valence-corrected chi connectivity index (χ4v) is 6.00. The van der Waals surface area contributed by atoms with Gasteiger partial charge in [-0.1, -0.05) is 12.1 Å². The SMILES string of the molecule is CS(=O)(=O)Nc1ccc(Oc2ccc(CN3CCC(N(Cc4nccs4)C(=O)Nc4ccc(F)cc4)CC3)cc2)cc1. The summed E-state index contributed by atoms with van der Waals surface area (Å²) < 4.78 is 44.4. The standard InChI is InChI=1S/C30H32FN5O4S2/c1-42(38,39)34-25-8-12-28(13-9-25)40-27-10-2-22(3-11-27)20-35-17-14-26(15-18-35)36(21-29-32-16-19-41-29)30(37)33-24-6-4-23(31)5-7-24/h2-13,16,19,26,34H,14-15,17-18,20-21H2,1H3,(H,33,37). The van der Waals surface area contributed by atoms with Gasteiger partial charge in [-0.3, -0.25) is 9.62 Å². The fraction of sp³-hybridized carbons (Fsp3) is 0.267. The van der Waals surface area contributed by atoms with E-state index in [0.717, 1.165) is 49.3 Å². The van der Waals surface area contributed by atoms with Crippen LogP contribution in [-0.2, 0) is 23.1 Å². The largest absolute Gasteiger partial charge is 0.457 e. The number of piperidine rings is 1. The molecule has 9 nitrogen and oxygen atoms in total. The van der Waals surface area contributed by atoms with Crippen molar-refractivity contribution < 1.29 is 22.3 Å². The lowest BCUT2D eigenvalue weighted by Crippen LogP contribution is -2.48. The number of urea groups is 1. The number of carbonyl (C=O) groups excluding carboxylic acids is 1. The van der Waals surface area contributed by atoms with Crippen LogP contribution in [0.4, 0.5) is 20.6 Å². The summed E-state index contributed by atoms with van der Waals surface area (Å²) in [6, 6.07) is 20.2. The number of sulfonamides is 1. The number of nitrogens with one attached hydrogen (secondary N) is 2. The third-order valence-corrected chi connectivity index (χ3v) is 8.24. The summed E-state index contributed by atoms with van der Waals surface area (Å²) in [4.78, 5) is 21.9. The second-order valence-electron chi connectivity index (χ2n) is 10.1. The van der Waals surface area contributed by atoms with Gasteiger partial charge in [0.2, 0.25) is 10.0 Å². The number of ether oxygens (including phenoxy) is 1. The van der Waals surface area contributed by atoms with Crippen molar-refractivity contribution in [1.29, 1.82) is 0 Å². The van der Waals surface area contributed by atoms with Crippen molar-refractivity contribution >= 4 is 38.8 Å². The van der Waals surface area contributed by atoms with E-state index in [1.807, 2.05) is 34.5 Å². The van der Waals surface area contributed by atoms with Crippen molar-refractivity contribution in [3.8, 4) is 11.5 Å². The minimum absolute atomic E-state index is 0.0559. The molecule has 3 aromatic carbocycles. The number of hydrogen-bond donors (Lipinski definition) is 2. The molecule has 0 saturated carbocycles. The van der Waals surface area contributed by atoms with Gasteiger partial charge in [-0.05, 0) is 79.1 Å². The summed E-state index contributed by atoms with van der Waals surface area (Å²) in [5.41, 5.74) is 2.18. The molecule has 0 unspecified atom stereocenters. The predicted octanol–water partition coefficient (Wildman–Crippen LogP) is 6.14. The summed E-state index contributed by atoms with van der Waals surface area (Å²) in [5.74, 6) is 0.944. The van der Waals surface area contributed by atoms with E-state index in [1.165, 1.54) is 23.5 Å². The molecular weight excluding hydrogens is 577 g/mol. The molecule has 0 bridgehead atoms. The molecular formula is C30H32FN5O4S2. The van der Waals surface area contributed by atoms with Gasteiger partial charge >= 0.3 is 6.03 Å². The predicted molar refractivity (Wildman–Crippen MR) is 163 cm³/mol. The van der Waals surface area contributed by atoms with Gasteiger partial charge in [-0.25, -0.2) is 22.6 Å². The van der Waals surface area contributed by atoms with Gasteiger partial charge in [-0.15, -0.1) is 11.3 Å². The normalized spacial score (nSPS) is 14.3. The van der Waals surface area contributed by atoms with Crippen molar-refractivity contribution in [3.63, 3.8) is 0 Å². The average Bonchev–Trinajstić information content (AvgIpc) is 3.48. The minimum atomic E-state index is -3.33. The van der Waals surface area contributed by atoms with Crippen LogP contribution in [0.2, 0.25) is 0 Å². The van der Waals surface area contributed by atoms with E-state index >= 15 is 0 Å². The Morgan fingerprint density at radius 2 is 1.62 bits per heavy atom. The highest BCUT2D eigenvalue weighted by Gasteiger charge is 2.29. The third-order valence-electron chi connectivity index (χ3n) is 6.87. The van der Waals surface area contributed by atoms with Crippen LogP contribution in [-0.4, -0.2) is 54.6 Å². The first-order valence-electron chi connectivity index (χ1n) is 13.5. The van der Waals surface area contributed by atoms with E-state index in [9.17, 15) is 17.6 Å². The molecule has 2 N–H and O–H groups in total. The van der Waals surface area contributed by atoms with Gasteiger partial charge < -0.3 is 15.0 Å². The molecule has 0 atom stereocenters. The Bertz CT molecular complexity index is 1560. The smallest absolute Gasteiger partial charge is 0.322 e. The van der Waals surface area contributed by atoms with Gasteiger partial charge in [-0.2, -0.15) is 0 Å². The number of carbonyl (C=O) groups is 1. The number of rotatable bonds is 10. The molecule has 1 saturated heterocycles. The van der Waals surface area contributed by atoms with Crippen LogP contribution in [0.3, 0.4) is 0 Å². The van der Waals surface area contributed by atoms with Crippen LogP contribution in [0.15, 0.2) is 84.4 Å². The highest BCUT2D eigenvalue weighted by Crippen LogP contribution is 2.26. The number of likely N-dealkylation sites (tertiary alicyclic amines) is 1. The zero-order valence-corrected chi connectivity index (χ0v) is 24.7. The van der Waals surface area contributed by atoms with Crippen LogP contribution in [0.1, 0.15) is 23.4 Å². The molecule has 1 aromatic heterocycles. The first kappa shape index (κ1) is 29.5. The first-order chi connectivity index (χ1) is 20.2. The molecule has 42 heavy (non-hydrogen) atoms. The molecule has 2 amide bonds. The van der Waals surface area contributed by atoms with Crippen LogP contribution < -0.4 is 14.8 Å². The Kier molecular flexibility index (Phi) is 9.35. The molecule has 1 aliphatic heterocycles. The van der Waals surface area contributed by atoms with Crippen LogP contribution in [0, 0.1) is 5.82 Å². The Morgan fingerprint density at radius 3 is 2.21 bits per heavy atom. The number of nitrogens with zero attached hydrogens (tertiary/aromatic N) is 3. The van der Waals surface area contributed by atoms with Crippen molar-refractivity contribution in [2.75, 3.05) is 29.4 Å². The average molecular weight is 610 g/mol. The maximum Gasteiger partial charge on any atom is 0.322 e. The molecule has 2 heterocycles. The Morgan fingerprint density at radius 1 is 1.00 bits per heavy atom. The molecule has 0 spiro atoms. The van der Waals surface area contributed by atoms with Crippen molar-refractivity contribution in [3.05, 3.63) is 101 Å². The van der Waals surface area contributed by atoms with Gasteiger partial charge in [0, 0.05) is 48.6 Å². The monoisotopic (exact) mass is 609 g/mol. The maximum atomic E-state index is 13.3. The lowest BCUT2D eigenvalue weighted by Gasteiger charge is -2.38. The van der Waals surface area contributed by atoms with Gasteiger partial charge in [0.15, 0.2) is 0 Å². The van der Waals surface area contributed by atoms with Crippen molar-refractivity contribution in [1.82, 2.24) is 14.8 Å². The highest BCUT2D eigenvalue weighted by atomic mass is 32.2.